The molecular weight excluding hydrogens is 1210 g/mol. The van der Waals surface area contributed by atoms with E-state index in [0.29, 0.717) is 44.0 Å². The van der Waals surface area contributed by atoms with Gasteiger partial charge in [0.1, 0.15) is 18.5 Å². The zero-order valence-electron chi connectivity index (χ0n) is 55.7. The number of aldehydes is 1. The molecule has 6 heterocycles. The molecule has 6 aliphatic heterocycles. The maximum atomic E-state index is 16.2. The molecule has 0 radical (unpaired) electrons. The lowest BCUT2D eigenvalue weighted by Crippen LogP contribution is -2.62. The summed E-state index contributed by atoms with van der Waals surface area (Å²) in [6.07, 6.45) is -3.95. The van der Waals surface area contributed by atoms with E-state index < -0.39 is 210 Å². The number of fused-ring (bicyclic) bond motifs is 4. The topological polar surface area (TPSA) is 329 Å². The van der Waals surface area contributed by atoms with Gasteiger partial charge in [0.2, 0.25) is 5.78 Å². The molecule has 93 heavy (non-hydrogen) atoms. The van der Waals surface area contributed by atoms with E-state index in [-0.39, 0.29) is 55.9 Å². The van der Waals surface area contributed by atoms with Crippen LogP contribution >= 0.6 is 0 Å². The lowest BCUT2D eigenvalue weighted by Gasteiger charge is -2.56. The Labute approximate surface area is 543 Å². The zero-order chi connectivity index (χ0) is 67.5. The number of carbonyl (C=O) groups is 8. The van der Waals surface area contributed by atoms with E-state index in [0.717, 1.165) is 7.11 Å². The van der Waals surface area contributed by atoms with Crippen molar-refractivity contribution in [2.45, 2.75) is 276 Å². The highest BCUT2D eigenvalue weighted by atomic mass is 16.8. The maximum Gasteiger partial charge on any atom is 0.407 e. The number of aliphatic hydroxyl groups excluding tert-OH is 2. The predicted molar refractivity (Wildman–Crippen MR) is 323 cm³/mol. The van der Waals surface area contributed by atoms with Gasteiger partial charge < -0.3 is 87.0 Å². The number of carboxylic acids is 1. The molecule has 0 aromatic rings. The molecule has 6 saturated heterocycles. The van der Waals surface area contributed by atoms with E-state index >= 15 is 9.59 Å². The molecule has 0 aromatic carbocycles. The van der Waals surface area contributed by atoms with Gasteiger partial charge in [-0.25, -0.2) is 4.79 Å². The highest BCUT2D eigenvalue weighted by Crippen LogP contribution is 2.60. The second-order valence-electron chi connectivity index (χ2n) is 28.7. The van der Waals surface area contributed by atoms with Crippen LogP contribution in [0.3, 0.4) is 0 Å². The molecular formula is C68H97NO24. The second-order valence-corrected chi connectivity index (χ2v) is 28.7. The van der Waals surface area contributed by atoms with Crippen molar-refractivity contribution in [1.29, 1.82) is 0 Å². The van der Waals surface area contributed by atoms with Crippen molar-refractivity contribution in [1.82, 2.24) is 5.32 Å². The van der Waals surface area contributed by atoms with Crippen LogP contribution in [-0.4, -0.2) is 193 Å². The third-order valence-electron chi connectivity index (χ3n) is 22.0. The van der Waals surface area contributed by atoms with Gasteiger partial charge in [-0.2, -0.15) is 0 Å². The predicted octanol–water partition coefficient (Wildman–Crippen LogP) is 6.08. The van der Waals surface area contributed by atoms with Gasteiger partial charge in [0, 0.05) is 86.5 Å². The SMILES string of the molecule is COC(=O)N[C@H]1[C@@H](C)O[C@@H](O[C@H]2CC=C(C)[C@@H]3C=C[C@@H]4[C@@H](O[C@H]5C[C@@H](O[C@H]6CC[C@@H](O[C@H]7C[C@@H](O)[C@@H](O[C@H]8CC[C@@H](O)[C@H](C)O8)[C@H](C)O7)[C@H](C)O6)[C@@H](OC(C)=O)[C@H](C)O5)[C@@H](C)C[C@H](C)[C@H]4[C@]3(C)C(=O)C3C(=O)OC4(CC(C=O)CC(=O)C4=CC2C)C3=O)CC1(C)C(=O)O. The smallest absolute Gasteiger partial charge is 0.407 e. The van der Waals surface area contributed by atoms with E-state index in [4.69, 9.17) is 61.6 Å². The van der Waals surface area contributed by atoms with Crippen LogP contribution in [0.15, 0.2) is 35.5 Å². The van der Waals surface area contributed by atoms with Crippen LogP contribution in [0.2, 0.25) is 0 Å². The summed E-state index contributed by atoms with van der Waals surface area (Å²) in [5.74, 6) is -11.1. The molecule has 8 fully saturated rings. The third-order valence-corrected chi connectivity index (χ3v) is 22.0. The van der Waals surface area contributed by atoms with Gasteiger partial charge in [-0.1, -0.05) is 57.6 Å². The Kier molecular flexibility index (Phi) is 21.6. The average molecular weight is 1310 g/mol. The molecule has 518 valence electrons. The van der Waals surface area contributed by atoms with Crippen LogP contribution < -0.4 is 5.32 Å². The standard InChI is InChI=1S/C68H97NO24/c1-30-14-18-47(88-54-28-66(11,64(78)79)60(38(9)86-54)69-65(80)81-13)31(2)23-43-45(73)24-40(29-70)27-68(43)62(76)55(63(77)93-68)61(75)67(12)42(30)16-15-41-56(67)32(3)22-33(4)57(41)92-53-26-49(59(37(8)85-53)87-39(10)71)90-50-21-19-48(35(6)83-50)89-52-25-46(74)58(36(7)84-52)91-51-20-17-44(72)34(5)82-51/h14-16,23,29,31-38,40-42,44,46-60,72,74H,17-22,24-28H2,1-13H3,(H,69,80)(H,78,79)/t31?,32-,33-,34-,35-,36-,37-,38+,40?,41-,42-,44+,46+,47-,48+,49+,50-,51-,52-,53-,54-,55?,56+,57-,58-,59-,60-,66?,67+,68?/m0/s1. The Bertz CT molecular complexity index is 2900. The lowest BCUT2D eigenvalue weighted by molar-refractivity contribution is -0.331. The fraction of sp³-hybridized carbons (Fsp3) is 0.794. The second kappa shape index (κ2) is 28.3. The van der Waals surface area contributed by atoms with E-state index in [9.17, 15) is 44.1 Å². The van der Waals surface area contributed by atoms with Crippen molar-refractivity contribution in [3.05, 3.63) is 35.5 Å². The van der Waals surface area contributed by atoms with Crippen molar-refractivity contribution in [2.75, 3.05) is 7.11 Å². The number of allylic oxidation sites excluding steroid dienone is 2. The number of aliphatic hydroxyl groups is 2. The quantitative estimate of drug-likeness (QED) is 0.0503. The zero-order valence-corrected chi connectivity index (χ0v) is 55.7. The fourth-order valence-electron chi connectivity index (χ4n) is 17.2. The summed E-state index contributed by atoms with van der Waals surface area (Å²) in [7, 11) is 1.16. The minimum atomic E-state index is -2.29. The Balaban J connectivity index is 0.895. The first-order chi connectivity index (χ1) is 43.9. The summed E-state index contributed by atoms with van der Waals surface area (Å²) in [6.45, 7) is 21.1. The van der Waals surface area contributed by atoms with E-state index in [2.05, 4.69) is 12.2 Å². The number of amides is 1. The highest BCUT2D eigenvalue weighted by molar-refractivity contribution is 6.28. The monoisotopic (exact) mass is 1310 g/mol. The van der Waals surface area contributed by atoms with Gasteiger partial charge in [0.15, 0.2) is 60.6 Å². The van der Waals surface area contributed by atoms with Crippen LogP contribution in [0.25, 0.3) is 0 Å². The molecule has 25 heteroatoms. The van der Waals surface area contributed by atoms with Crippen molar-refractivity contribution >= 4 is 47.6 Å². The number of alkyl carbamates (subject to hydrolysis) is 1. The number of hydrogen-bond donors (Lipinski definition) is 4. The molecule has 4 aliphatic carbocycles. The number of ketones is 3. The van der Waals surface area contributed by atoms with Gasteiger partial charge in [0.25, 0.3) is 0 Å². The summed E-state index contributed by atoms with van der Waals surface area (Å²) in [5, 5.41) is 34.6. The normalized spacial score (nSPS) is 47.1. The first-order valence-electron chi connectivity index (χ1n) is 33.4. The number of carboxylic acid groups (broad SMARTS) is 1. The molecule has 30 atom stereocenters. The summed E-state index contributed by atoms with van der Waals surface area (Å²) in [4.78, 5) is 112. The highest BCUT2D eigenvalue weighted by Gasteiger charge is 2.68. The first kappa shape index (κ1) is 70.9. The Morgan fingerprint density at radius 3 is 1.95 bits per heavy atom. The van der Waals surface area contributed by atoms with Gasteiger partial charge in [-0.05, 0) is 91.9 Å². The van der Waals surface area contributed by atoms with Crippen molar-refractivity contribution < 1.29 is 115 Å². The van der Waals surface area contributed by atoms with Gasteiger partial charge in [0.05, 0.1) is 79.6 Å². The van der Waals surface area contributed by atoms with Crippen LogP contribution in [0.1, 0.15) is 154 Å². The van der Waals surface area contributed by atoms with E-state index in [1.807, 2.05) is 45.9 Å². The van der Waals surface area contributed by atoms with Crippen molar-refractivity contribution in [2.24, 2.45) is 58.2 Å². The average Bonchev–Trinajstić information content (AvgIpc) is 1.68. The number of carbonyl (C=O) groups excluding carboxylic acids is 7. The molecule has 10 rings (SSSR count). The minimum Gasteiger partial charge on any atom is -0.481 e. The molecule has 1 spiro atoms. The number of nitrogens with one attached hydrogen (secondary N) is 1. The minimum absolute atomic E-state index is 0.102. The summed E-state index contributed by atoms with van der Waals surface area (Å²) in [5.41, 5.74) is -4.90. The Morgan fingerprint density at radius 1 is 0.667 bits per heavy atom. The van der Waals surface area contributed by atoms with Crippen molar-refractivity contribution in [3.8, 4) is 0 Å². The number of Topliss-reactive ketones (excluding diaryl/α,β-unsaturated/α-hetero) is 3. The van der Waals surface area contributed by atoms with Crippen LogP contribution in [-0.2, 0) is 95.1 Å². The van der Waals surface area contributed by atoms with Crippen LogP contribution in [0.5, 0.6) is 0 Å². The maximum absolute atomic E-state index is 16.2. The largest absolute Gasteiger partial charge is 0.481 e. The molecule has 2 saturated carbocycles. The number of aliphatic carboxylic acids is 1. The number of rotatable bonds is 14. The molecule has 25 nitrogen and oxygen atoms in total. The molecule has 0 aromatic heterocycles. The number of hydrogen-bond acceptors (Lipinski definition) is 23. The fourth-order valence-corrected chi connectivity index (χ4v) is 17.2. The Morgan fingerprint density at radius 2 is 1.29 bits per heavy atom. The summed E-state index contributed by atoms with van der Waals surface area (Å²) < 4.78 is 81.5. The molecule has 5 unspecified atom stereocenters. The van der Waals surface area contributed by atoms with Crippen LogP contribution in [0.4, 0.5) is 4.79 Å². The molecule has 4 N–H and O–H groups in total. The van der Waals surface area contributed by atoms with E-state index in [1.165, 1.54) is 19.9 Å². The van der Waals surface area contributed by atoms with Crippen LogP contribution in [0, 0.1) is 58.2 Å². The van der Waals surface area contributed by atoms with Gasteiger partial charge in [-0.3, -0.25) is 28.8 Å². The summed E-state index contributed by atoms with van der Waals surface area (Å²) in [6, 6.07) is -1.03. The Hall–Kier alpha value is -4.90. The number of esters is 2. The number of ether oxygens (including phenoxy) is 13. The van der Waals surface area contributed by atoms with Gasteiger partial charge in [-0.15, -0.1) is 0 Å². The number of methoxy groups -OCH3 is 1. The first-order valence-corrected chi connectivity index (χ1v) is 33.4. The lowest BCUT2D eigenvalue weighted by atomic mass is 9.48. The molecule has 2 bridgehead atoms. The molecule has 1 amide bonds. The third kappa shape index (κ3) is 14.0. The van der Waals surface area contributed by atoms with Gasteiger partial charge >= 0.3 is 24.0 Å². The van der Waals surface area contributed by atoms with E-state index in [1.54, 1.807) is 34.6 Å². The molecule has 10 aliphatic rings. The summed E-state index contributed by atoms with van der Waals surface area (Å²) >= 11 is 0. The van der Waals surface area contributed by atoms with Crippen molar-refractivity contribution in [3.63, 3.8) is 0 Å².